The highest BCUT2D eigenvalue weighted by atomic mass is 32.2. The Bertz CT molecular complexity index is 793. The zero-order chi connectivity index (χ0) is 17.0. The third kappa shape index (κ3) is 3.84. The number of thiophene rings is 1. The van der Waals surface area contributed by atoms with Crippen LogP contribution in [0.3, 0.4) is 0 Å². The number of nitrogens with one attached hydrogen (secondary N) is 1. The maximum Gasteiger partial charge on any atom is 0.263 e. The molecule has 2 rings (SSSR count). The lowest BCUT2D eigenvalue weighted by atomic mass is 10.2. The molecule has 124 valence electrons. The third-order valence-corrected chi connectivity index (χ3v) is 5.55. The van der Waals surface area contributed by atoms with E-state index in [-0.39, 0.29) is 17.2 Å². The number of amides is 1. The van der Waals surface area contributed by atoms with E-state index in [1.165, 1.54) is 23.1 Å². The molecule has 0 bridgehead atoms. The Morgan fingerprint density at radius 1 is 1.48 bits per heavy atom. The van der Waals surface area contributed by atoms with Gasteiger partial charge in [-0.3, -0.25) is 14.2 Å². The van der Waals surface area contributed by atoms with Gasteiger partial charge < -0.3 is 5.32 Å². The van der Waals surface area contributed by atoms with Crippen LogP contribution in [0.4, 0.5) is 0 Å². The van der Waals surface area contributed by atoms with Crippen molar-refractivity contribution in [2.75, 3.05) is 12.3 Å². The third-order valence-electron chi connectivity index (χ3n) is 3.47. The van der Waals surface area contributed by atoms with E-state index in [1.54, 1.807) is 10.6 Å². The van der Waals surface area contributed by atoms with Crippen molar-refractivity contribution in [2.24, 2.45) is 0 Å². The number of carbonyl (C=O) groups excluding carboxylic acids is 1. The number of rotatable bonds is 7. The van der Waals surface area contributed by atoms with Crippen LogP contribution in [-0.4, -0.2) is 27.8 Å². The van der Waals surface area contributed by atoms with Gasteiger partial charge in [-0.05, 0) is 25.8 Å². The number of carbonyl (C=O) groups is 1. The number of nitrogens with zero attached hydrogens (tertiary/aromatic N) is 2. The van der Waals surface area contributed by atoms with Crippen LogP contribution < -0.4 is 10.9 Å². The minimum absolute atomic E-state index is 0.0464. The Kier molecular flexibility index (Phi) is 6.01. The van der Waals surface area contributed by atoms with Crippen LogP contribution in [-0.2, 0) is 11.3 Å². The summed E-state index contributed by atoms with van der Waals surface area (Å²) in [4.78, 5) is 31.0. The number of fused-ring (bicyclic) bond motifs is 1. The van der Waals surface area contributed by atoms with Gasteiger partial charge in [-0.15, -0.1) is 17.9 Å². The normalized spacial score (nSPS) is 10.9. The van der Waals surface area contributed by atoms with E-state index in [0.29, 0.717) is 23.6 Å². The van der Waals surface area contributed by atoms with Gasteiger partial charge in [-0.25, -0.2) is 4.98 Å². The van der Waals surface area contributed by atoms with Gasteiger partial charge in [-0.1, -0.05) is 24.8 Å². The lowest BCUT2D eigenvalue weighted by Crippen LogP contribution is -2.27. The molecule has 0 saturated heterocycles. The molecule has 0 spiro atoms. The average Bonchev–Trinajstić information content (AvgIpc) is 2.81. The summed E-state index contributed by atoms with van der Waals surface area (Å²) in [5.74, 6) is 0.202. The van der Waals surface area contributed by atoms with Crippen LogP contribution in [0.2, 0.25) is 0 Å². The minimum Gasteiger partial charge on any atom is -0.355 e. The first kappa shape index (κ1) is 17.7. The fourth-order valence-electron chi connectivity index (χ4n) is 2.15. The first-order chi connectivity index (χ1) is 11.0. The van der Waals surface area contributed by atoms with Gasteiger partial charge >= 0.3 is 0 Å². The van der Waals surface area contributed by atoms with Crippen molar-refractivity contribution in [1.29, 1.82) is 0 Å². The largest absolute Gasteiger partial charge is 0.355 e. The lowest BCUT2D eigenvalue weighted by molar-refractivity contribution is -0.118. The molecule has 0 saturated carbocycles. The molecule has 0 aliphatic carbocycles. The molecule has 0 radical (unpaired) electrons. The molecule has 0 unspecified atom stereocenters. The fraction of sp³-hybridized carbons (Fsp3) is 0.438. The van der Waals surface area contributed by atoms with E-state index in [9.17, 15) is 9.59 Å². The van der Waals surface area contributed by atoms with Crippen molar-refractivity contribution in [3.05, 3.63) is 33.4 Å². The van der Waals surface area contributed by atoms with Crippen molar-refractivity contribution in [3.8, 4) is 0 Å². The summed E-state index contributed by atoms with van der Waals surface area (Å²) >= 11 is 2.81. The van der Waals surface area contributed by atoms with E-state index in [1.807, 2.05) is 20.8 Å². The predicted octanol–water partition coefficient (Wildman–Crippen LogP) is 2.88. The molecule has 0 aliphatic rings. The molecule has 2 heterocycles. The highest BCUT2D eigenvalue weighted by Crippen LogP contribution is 2.28. The Morgan fingerprint density at radius 3 is 2.87 bits per heavy atom. The van der Waals surface area contributed by atoms with Gasteiger partial charge in [-0.2, -0.15) is 0 Å². The predicted molar refractivity (Wildman–Crippen MR) is 97.6 cm³/mol. The van der Waals surface area contributed by atoms with E-state index in [4.69, 9.17) is 0 Å². The summed E-state index contributed by atoms with van der Waals surface area (Å²) in [5.41, 5.74) is 0.922. The summed E-state index contributed by atoms with van der Waals surface area (Å²) in [6.07, 6.45) is 2.57. The number of hydrogen-bond donors (Lipinski definition) is 1. The number of aryl methyl sites for hydroxylation is 2. The molecule has 0 atom stereocenters. The standard InChI is InChI=1S/C16H21N3O2S2/c1-5-7-17-12(20)9-22-16-18-14-13(10(3)11(4)23-14)15(21)19(16)8-6-2/h6H,2,5,7-9H2,1,3-4H3,(H,17,20). The van der Waals surface area contributed by atoms with E-state index in [2.05, 4.69) is 16.9 Å². The monoisotopic (exact) mass is 351 g/mol. The van der Waals surface area contributed by atoms with Gasteiger partial charge in [0.05, 0.1) is 11.1 Å². The Morgan fingerprint density at radius 2 is 2.22 bits per heavy atom. The zero-order valence-corrected chi connectivity index (χ0v) is 15.3. The maximum atomic E-state index is 12.8. The van der Waals surface area contributed by atoms with Gasteiger partial charge in [0.2, 0.25) is 5.91 Å². The molecule has 0 fully saturated rings. The number of aromatic nitrogens is 2. The average molecular weight is 351 g/mol. The molecule has 0 aliphatic heterocycles. The second-order valence-corrected chi connectivity index (χ2v) is 7.35. The van der Waals surface area contributed by atoms with Crippen molar-refractivity contribution in [2.45, 2.75) is 38.9 Å². The molecule has 2 aromatic rings. The van der Waals surface area contributed by atoms with Crippen molar-refractivity contribution >= 4 is 39.2 Å². The highest BCUT2D eigenvalue weighted by Gasteiger charge is 2.16. The smallest absolute Gasteiger partial charge is 0.263 e. The maximum absolute atomic E-state index is 12.8. The quantitative estimate of drug-likeness (QED) is 0.473. The van der Waals surface area contributed by atoms with Crippen LogP contribution in [0, 0.1) is 13.8 Å². The summed E-state index contributed by atoms with van der Waals surface area (Å²) < 4.78 is 1.59. The first-order valence-corrected chi connectivity index (χ1v) is 9.30. The summed E-state index contributed by atoms with van der Waals surface area (Å²) in [6.45, 7) is 10.7. The SMILES string of the molecule is C=CCn1c(SCC(=O)NCCC)nc2sc(C)c(C)c2c1=O. The van der Waals surface area contributed by atoms with Crippen molar-refractivity contribution in [1.82, 2.24) is 14.9 Å². The van der Waals surface area contributed by atoms with E-state index < -0.39 is 0 Å². The second-order valence-electron chi connectivity index (χ2n) is 5.20. The molecular formula is C16H21N3O2S2. The Hall–Kier alpha value is -1.60. The number of allylic oxidation sites excluding steroid dienone is 1. The van der Waals surface area contributed by atoms with Gasteiger partial charge in [0.1, 0.15) is 4.83 Å². The van der Waals surface area contributed by atoms with Crippen molar-refractivity contribution < 1.29 is 4.79 Å². The van der Waals surface area contributed by atoms with Crippen LogP contribution in [0.5, 0.6) is 0 Å². The summed E-state index contributed by atoms with van der Waals surface area (Å²) in [6, 6.07) is 0. The molecule has 0 aromatic carbocycles. The molecule has 2 aromatic heterocycles. The van der Waals surface area contributed by atoms with Gasteiger partial charge in [0.25, 0.3) is 5.56 Å². The van der Waals surface area contributed by atoms with E-state index in [0.717, 1.165) is 21.7 Å². The van der Waals surface area contributed by atoms with Gasteiger partial charge in [0, 0.05) is 18.0 Å². The van der Waals surface area contributed by atoms with Crippen LogP contribution in [0.15, 0.2) is 22.6 Å². The van der Waals surface area contributed by atoms with E-state index >= 15 is 0 Å². The number of thioether (sulfide) groups is 1. The first-order valence-electron chi connectivity index (χ1n) is 7.50. The molecule has 1 amide bonds. The molecular weight excluding hydrogens is 330 g/mol. The molecule has 7 heteroatoms. The van der Waals surface area contributed by atoms with Crippen LogP contribution >= 0.6 is 23.1 Å². The number of hydrogen-bond acceptors (Lipinski definition) is 5. The Labute approximate surface area is 143 Å². The van der Waals surface area contributed by atoms with Crippen LogP contribution in [0.1, 0.15) is 23.8 Å². The minimum atomic E-state index is -0.0618. The fourth-order valence-corrected chi connectivity index (χ4v) is 4.06. The summed E-state index contributed by atoms with van der Waals surface area (Å²) in [7, 11) is 0. The molecule has 23 heavy (non-hydrogen) atoms. The Balaban J connectivity index is 2.38. The molecule has 5 nitrogen and oxygen atoms in total. The van der Waals surface area contributed by atoms with Crippen molar-refractivity contribution in [3.63, 3.8) is 0 Å². The highest BCUT2D eigenvalue weighted by molar-refractivity contribution is 7.99. The van der Waals surface area contributed by atoms with Gasteiger partial charge in [0.15, 0.2) is 5.16 Å². The summed E-state index contributed by atoms with van der Waals surface area (Å²) in [5, 5.41) is 4.07. The second kappa shape index (κ2) is 7.79. The topological polar surface area (TPSA) is 64.0 Å². The lowest BCUT2D eigenvalue weighted by Gasteiger charge is -2.10. The van der Waals surface area contributed by atoms with Crippen LogP contribution in [0.25, 0.3) is 10.2 Å². The zero-order valence-electron chi connectivity index (χ0n) is 13.6. The molecule has 1 N–H and O–H groups in total.